The largest absolute Gasteiger partial charge is 0.336 e. The van der Waals surface area contributed by atoms with Crippen LogP contribution < -0.4 is 15.5 Å². The highest BCUT2D eigenvalue weighted by Gasteiger charge is 2.30. The topological polar surface area (TPSA) is 80.8 Å². The summed E-state index contributed by atoms with van der Waals surface area (Å²) in [5.41, 5.74) is 1.51. The van der Waals surface area contributed by atoms with Crippen molar-refractivity contribution in [1.29, 1.82) is 0 Å². The van der Waals surface area contributed by atoms with E-state index in [1.807, 2.05) is 6.07 Å². The minimum atomic E-state index is -0.270. The lowest BCUT2D eigenvalue weighted by atomic mass is 10.0. The summed E-state index contributed by atoms with van der Waals surface area (Å²) in [4.78, 5) is 37.3. The second-order valence-electron chi connectivity index (χ2n) is 9.46. The standard InChI is InChI=1S/C26H34N6O2/c33-25-21-10-2-3-12-23(21)32(24-22(29-25)11-8-13-27-24)26(34)28-14-18-31-17-7-4-9-20(31)19-30-15-5-1-6-16-30/h2-3,8,10-13,20H,1,4-7,9,14-19H2,(H,28,34)(H,29,33). The van der Waals surface area contributed by atoms with Gasteiger partial charge in [-0.15, -0.1) is 0 Å². The van der Waals surface area contributed by atoms with Gasteiger partial charge in [0, 0.05) is 31.9 Å². The van der Waals surface area contributed by atoms with E-state index >= 15 is 0 Å². The number of aromatic nitrogens is 1. The zero-order valence-corrected chi connectivity index (χ0v) is 19.7. The van der Waals surface area contributed by atoms with Crippen molar-refractivity contribution in [2.45, 2.75) is 44.6 Å². The summed E-state index contributed by atoms with van der Waals surface area (Å²) in [5.74, 6) is 0.188. The summed E-state index contributed by atoms with van der Waals surface area (Å²) in [6.45, 7) is 6.04. The van der Waals surface area contributed by atoms with E-state index in [1.54, 1.807) is 36.5 Å². The Morgan fingerprint density at radius 3 is 2.74 bits per heavy atom. The molecule has 2 fully saturated rings. The number of nitrogens with one attached hydrogen (secondary N) is 2. The summed E-state index contributed by atoms with van der Waals surface area (Å²) in [6.07, 6.45) is 9.35. The third-order valence-corrected chi connectivity index (χ3v) is 7.18. The molecule has 0 radical (unpaired) electrons. The van der Waals surface area contributed by atoms with Crippen LogP contribution in [0.1, 0.15) is 48.9 Å². The number of hydrogen-bond donors (Lipinski definition) is 2. The number of para-hydroxylation sites is 1. The lowest BCUT2D eigenvalue weighted by molar-refractivity contribution is 0.0965. The van der Waals surface area contributed by atoms with Crippen molar-refractivity contribution in [3.8, 4) is 0 Å². The van der Waals surface area contributed by atoms with Crippen molar-refractivity contribution < 1.29 is 9.59 Å². The maximum absolute atomic E-state index is 13.4. The van der Waals surface area contributed by atoms with Gasteiger partial charge in [-0.2, -0.15) is 0 Å². The molecular formula is C26H34N6O2. The van der Waals surface area contributed by atoms with E-state index in [0.29, 0.717) is 35.3 Å². The van der Waals surface area contributed by atoms with Gasteiger partial charge >= 0.3 is 6.03 Å². The van der Waals surface area contributed by atoms with Gasteiger partial charge in [-0.3, -0.25) is 9.69 Å². The Bertz CT molecular complexity index is 1020. The normalized spacial score (nSPS) is 21.2. The van der Waals surface area contributed by atoms with E-state index in [-0.39, 0.29) is 11.9 Å². The van der Waals surface area contributed by atoms with Crippen LogP contribution in [0.3, 0.4) is 0 Å². The van der Waals surface area contributed by atoms with Gasteiger partial charge in [0.05, 0.1) is 16.9 Å². The fraction of sp³-hybridized carbons (Fsp3) is 0.500. The Kier molecular flexibility index (Phi) is 7.06. The van der Waals surface area contributed by atoms with E-state index < -0.39 is 0 Å². The minimum Gasteiger partial charge on any atom is -0.336 e. The number of fused-ring (bicyclic) bond motifs is 2. The number of carbonyl (C=O) groups is 2. The Morgan fingerprint density at radius 1 is 1.03 bits per heavy atom. The molecular weight excluding hydrogens is 428 g/mol. The Hall–Kier alpha value is -2.97. The van der Waals surface area contributed by atoms with Crippen LogP contribution in [0.4, 0.5) is 22.0 Å². The number of hydrogen-bond acceptors (Lipinski definition) is 5. The number of carbonyl (C=O) groups excluding carboxylic acids is 2. The first-order valence-electron chi connectivity index (χ1n) is 12.6. The van der Waals surface area contributed by atoms with E-state index in [0.717, 1.165) is 19.6 Å². The molecule has 1 atom stereocenters. The molecule has 3 aliphatic rings. The van der Waals surface area contributed by atoms with Gasteiger partial charge in [-0.05, 0) is 69.6 Å². The molecule has 1 unspecified atom stereocenters. The number of nitrogens with zero attached hydrogens (tertiary/aromatic N) is 4. The number of likely N-dealkylation sites (tertiary alicyclic amines) is 2. The number of pyridine rings is 1. The van der Waals surface area contributed by atoms with Gasteiger partial charge in [0.2, 0.25) is 0 Å². The van der Waals surface area contributed by atoms with Crippen LogP contribution in [0.15, 0.2) is 42.6 Å². The van der Waals surface area contributed by atoms with Gasteiger partial charge in [0.25, 0.3) is 5.91 Å². The number of amides is 3. The van der Waals surface area contributed by atoms with Gasteiger partial charge in [0.15, 0.2) is 5.82 Å². The molecule has 0 saturated carbocycles. The van der Waals surface area contributed by atoms with Crippen molar-refractivity contribution in [3.63, 3.8) is 0 Å². The Labute approximate surface area is 201 Å². The van der Waals surface area contributed by atoms with Crippen LogP contribution in [0.5, 0.6) is 0 Å². The first-order chi connectivity index (χ1) is 16.7. The summed E-state index contributed by atoms with van der Waals surface area (Å²) in [6, 6.07) is 11.0. The average molecular weight is 463 g/mol. The molecule has 2 saturated heterocycles. The molecule has 2 N–H and O–H groups in total. The van der Waals surface area contributed by atoms with E-state index in [1.165, 1.54) is 56.5 Å². The summed E-state index contributed by atoms with van der Waals surface area (Å²) in [7, 11) is 0. The zero-order valence-electron chi connectivity index (χ0n) is 19.7. The highest BCUT2D eigenvalue weighted by molar-refractivity contribution is 6.16. The number of piperidine rings is 2. The maximum Gasteiger partial charge on any atom is 0.327 e. The first-order valence-corrected chi connectivity index (χ1v) is 12.6. The molecule has 5 rings (SSSR count). The molecule has 180 valence electrons. The van der Waals surface area contributed by atoms with E-state index in [9.17, 15) is 9.59 Å². The predicted octanol–water partition coefficient (Wildman–Crippen LogP) is 3.84. The second kappa shape index (κ2) is 10.5. The van der Waals surface area contributed by atoms with Gasteiger partial charge in [-0.1, -0.05) is 25.0 Å². The van der Waals surface area contributed by atoms with Crippen LogP contribution in [-0.2, 0) is 0 Å². The van der Waals surface area contributed by atoms with Crippen molar-refractivity contribution in [3.05, 3.63) is 48.2 Å². The van der Waals surface area contributed by atoms with E-state index in [2.05, 4.69) is 25.4 Å². The highest BCUT2D eigenvalue weighted by atomic mass is 16.2. The molecule has 34 heavy (non-hydrogen) atoms. The first kappa shape index (κ1) is 22.8. The van der Waals surface area contributed by atoms with Crippen LogP contribution in [0.25, 0.3) is 0 Å². The SMILES string of the molecule is O=C1Nc2cccnc2N(C(=O)NCCN2CCCCC2CN2CCCCC2)c2ccccc21. The van der Waals surface area contributed by atoms with Crippen LogP contribution >= 0.6 is 0 Å². The molecule has 1 aromatic heterocycles. The summed E-state index contributed by atoms with van der Waals surface area (Å²) in [5, 5.41) is 5.98. The molecule has 1 aromatic carbocycles. The number of benzene rings is 1. The molecule has 3 amide bonds. The van der Waals surface area contributed by atoms with Crippen molar-refractivity contribution in [2.75, 3.05) is 49.5 Å². The summed E-state index contributed by atoms with van der Waals surface area (Å²) < 4.78 is 0. The predicted molar refractivity (Wildman–Crippen MR) is 134 cm³/mol. The zero-order chi connectivity index (χ0) is 23.3. The second-order valence-corrected chi connectivity index (χ2v) is 9.46. The highest BCUT2D eigenvalue weighted by Crippen LogP contribution is 2.36. The third-order valence-electron chi connectivity index (χ3n) is 7.18. The van der Waals surface area contributed by atoms with Gasteiger partial charge in [-0.25, -0.2) is 14.7 Å². The average Bonchev–Trinajstić information content (AvgIpc) is 2.99. The number of urea groups is 1. The smallest absolute Gasteiger partial charge is 0.327 e. The molecule has 3 aliphatic heterocycles. The molecule has 0 aliphatic carbocycles. The van der Waals surface area contributed by atoms with Crippen LogP contribution in [0, 0.1) is 0 Å². The monoisotopic (exact) mass is 462 g/mol. The molecule has 4 heterocycles. The third kappa shape index (κ3) is 4.93. The quantitative estimate of drug-likeness (QED) is 0.706. The number of rotatable bonds is 5. The maximum atomic E-state index is 13.4. The lowest BCUT2D eigenvalue weighted by Gasteiger charge is -2.39. The number of anilines is 3. The molecule has 0 spiro atoms. The molecule has 8 nitrogen and oxygen atoms in total. The van der Waals surface area contributed by atoms with Gasteiger partial charge < -0.3 is 15.5 Å². The fourth-order valence-corrected chi connectivity index (χ4v) is 5.43. The van der Waals surface area contributed by atoms with E-state index in [4.69, 9.17) is 0 Å². The van der Waals surface area contributed by atoms with Crippen molar-refractivity contribution in [2.24, 2.45) is 0 Å². The van der Waals surface area contributed by atoms with Gasteiger partial charge in [0.1, 0.15) is 0 Å². The Morgan fingerprint density at radius 2 is 1.85 bits per heavy atom. The molecule has 8 heteroatoms. The molecule has 2 aromatic rings. The minimum absolute atomic E-state index is 0.242. The lowest BCUT2D eigenvalue weighted by Crippen LogP contribution is -2.50. The van der Waals surface area contributed by atoms with Crippen molar-refractivity contribution >= 4 is 29.1 Å². The summed E-state index contributed by atoms with van der Waals surface area (Å²) >= 11 is 0. The fourth-order valence-electron chi connectivity index (χ4n) is 5.43. The van der Waals surface area contributed by atoms with Crippen LogP contribution in [-0.4, -0.2) is 72.0 Å². The molecule has 0 bridgehead atoms. The van der Waals surface area contributed by atoms with Crippen LogP contribution in [0.2, 0.25) is 0 Å². The Balaban J connectivity index is 1.27. The van der Waals surface area contributed by atoms with Crippen molar-refractivity contribution in [1.82, 2.24) is 20.1 Å².